The Labute approximate surface area is 182 Å². The lowest BCUT2D eigenvalue weighted by Gasteiger charge is -2.39. The number of benzene rings is 1. The summed E-state index contributed by atoms with van der Waals surface area (Å²) < 4.78 is 13.7. The number of nitrogens with two attached hydrogens (primary N) is 1. The highest BCUT2D eigenvalue weighted by molar-refractivity contribution is 7.12. The predicted octanol–water partition coefficient (Wildman–Crippen LogP) is 4.66. The molecule has 9 heteroatoms. The van der Waals surface area contributed by atoms with Gasteiger partial charge in [0, 0.05) is 27.4 Å². The number of aryl methyl sites for hydroxylation is 1. The average molecular weight is 438 g/mol. The van der Waals surface area contributed by atoms with Crippen LogP contribution in [-0.4, -0.2) is 10.7 Å². The number of anilines is 1. The van der Waals surface area contributed by atoms with Gasteiger partial charge in [0.25, 0.3) is 5.69 Å². The zero-order chi connectivity index (χ0) is 22.3. The molecule has 158 valence electrons. The smallest absolute Gasteiger partial charge is 0.296 e. The van der Waals surface area contributed by atoms with Gasteiger partial charge in [0.2, 0.25) is 0 Å². The van der Waals surface area contributed by atoms with Crippen molar-refractivity contribution >= 4 is 28.5 Å². The summed E-state index contributed by atoms with van der Waals surface area (Å²) in [4.78, 5) is 27.4. The number of halogens is 1. The van der Waals surface area contributed by atoms with Gasteiger partial charge < -0.3 is 5.73 Å². The van der Waals surface area contributed by atoms with Crippen molar-refractivity contribution in [3.05, 3.63) is 78.7 Å². The maximum absolute atomic E-state index is 13.7. The van der Waals surface area contributed by atoms with Gasteiger partial charge in [-0.1, -0.05) is 6.92 Å². The summed E-state index contributed by atoms with van der Waals surface area (Å²) in [5.74, 6) is -1.43. The van der Waals surface area contributed by atoms with E-state index in [2.05, 4.69) is 6.07 Å². The van der Waals surface area contributed by atoms with E-state index >= 15 is 0 Å². The Morgan fingerprint density at radius 2 is 2.13 bits per heavy atom. The van der Waals surface area contributed by atoms with Crippen LogP contribution in [0.5, 0.6) is 0 Å². The Morgan fingerprint density at radius 1 is 1.35 bits per heavy atom. The Bertz CT molecular complexity index is 1210. The predicted molar refractivity (Wildman–Crippen MR) is 115 cm³/mol. The number of allylic oxidation sites excluding steroid dienone is 3. The minimum absolute atomic E-state index is 0.0297. The van der Waals surface area contributed by atoms with Crippen LogP contribution in [0.15, 0.2) is 53.0 Å². The maximum Gasteiger partial charge on any atom is 0.296 e. The number of carbonyl (C=O) groups excluding carboxylic acids is 1. The van der Waals surface area contributed by atoms with Crippen LogP contribution in [0.1, 0.15) is 41.9 Å². The van der Waals surface area contributed by atoms with E-state index in [9.17, 15) is 24.6 Å². The average Bonchev–Trinajstić information content (AvgIpc) is 3.22. The third-order valence-corrected chi connectivity index (χ3v) is 6.90. The molecule has 0 fully saturated rings. The first-order valence-electron chi connectivity index (χ1n) is 9.86. The summed E-state index contributed by atoms with van der Waals surface area (Å²) in [6, 6.07) is 9.19. The van der Waals surface area contributed by atoms with E-state index in [1.54, 1.807) is 0 Å². The highest BCUT2D eigenvalue weighted by atomic mass is 32.1. The van der Waals surface area contributed by atoms with E-state index in [-0.39, 0.29) is 22.9 Å². The third-order valence-electron chi connectivity index (χ3n) is 5.60. The fourth-order valence-corrected chi connectivity index (χ4v) is 5.29. The van der Waals surface area contributed by atoms with Gasteiger partial charge in [-0.3, -0.25) is 19.8 Å². The van der Waals surface area contributed by atoms with Gasteiger partial charge in [-0.25, -0.2) is 4.39 Å². The monoisotopic (exact) mass is 438 g/mol. The number of Topliss-reactive ketones (excluding diaryl/α,β-unsaturated/α-hetero) is 1. The van der Waals surface area contributed by atoms with Gasteiger partial charge in [0.05, 0.1) is 28.5 Å². The second-order valence-electron chi connectivity index (χ2n) is 7.36. The van der Waals surface area contributed by atoms with Crippen molar-refractivity contribution < 1.29 is 14.1 Å². The van der Waals surface area contributed by atoms with Gasteiger partial charge in [0.15, 0.2) is 5.78 Å². The normalized spacial score (nSPS) is 18.8. The number of hydrogen-bond acceptors (Lipinski definition) is 7. The Hall–Kier alpha value is -3.51. The number of carbonyl (C=O) groups is 1. The first-order valence-corrected chi connectivity index (χ1v) is 10.7. The van der Waals surface area contributed by atoms with Crippen LogP contribution in [0.25, 0.3) is 0 Å². The van der Waals surface area contributed by atoms with E-state index in [0.29, 0.717) is 30.5 Å². The van der Waals surface area contributed by atoms with E-state index < -0.39 is 22.3 Å². The molecule has 2 N–H and O–H groups in total. The molecular formula is C22H19FN4O3S. The van der Waals surface area contributed by atoms with E-state index in [1.807, 2.05) is 19.1 Å². The van der Waals surface area contributed by atoms with E-state index in [0.717, 1.165) is 28.3 Å². The van der Waals surface area contributed by atoms with Crippen molar-refractivity contribution in [3.63, 3.8) is 0 Å². The molecule has 2 heterocycles. The first kappa shape index (κ1) is 20.8. The lowest BCUT2D eigenvalue weighted by molar-refractivity contribution is -0.384. The molecule has 1 unspecified atom stereocenters. The molecule has 0 saturated heterocycles. The molecule has 1 aliphatic carbocycles. The lowest BCUT2D eigenvalue weighted by atomic mass is 9.78. The molecule has 2 aliphatic rings. The number of nitrogens with zero attached hydrogens (tertiary/aromatic N) is 3. The van der Waals surface area contributed by atoms with Crippen LogP contribution < -0.4 is 10.6 Å². The van der Waals surface area contributed by atoms with Crippen LogP contribution in [0.2, 0.25) is 0 Å². The van der Waals surface area contributed by atoms with Crippen molar-refractivity contribution in [2.75, 3.05) is 4.90 Å². The van der Waals surface area contributed by atoms with Crippen LogP contribution >= 0.6 is 11.3 Å². The van der Waals surface area contributed by atoms with Gasteiger partial charge in [-0.2, -0.15) is 5.26 Å². The minimum atomic E-state index is -0.756. The fraction of sp³-hybridized carbons (Fsp3) is 0.273. The van der Waals surface area contributed by atoms with Crippen LogP contribution in [0.3, 0.4) is 0 Å². The third kappa shape index (κ3) is 3.39. The van der Waals surface area contributed by atoms with Gasteiger partial charge >= 0.3 is 0 Å². The largest absolute Gasteiger partial charge is 0.384 e. The molecule has 0 amide bonds. The van der Waals surface area contributed by atoms with Crippen LogP contribution in [-0.2, 0) is 11.2 Å². The Balaban J connectivity index is 1.99. The molecule has 31 heavy (non-hydrogen) atoms. The molecule has 7 nitrogen and oxygen atoms in total. The molecule has 4 rings (SSSR count). The number of nitro benzene ring substituents is 1. The number of nitriles is 1. The summed E-state index contributed by atoms with van der Waals surface area (Å²) in [6.07, 6.45) is 2.19. The number of nitro groups is 1. The van der Waals surface area contributed by atoms with Gasteiger partial charge in [-0.05, 0) is 43.5 Å². The zero-order valence-electron chi connectivity index (χ0n) is 16.7. The SMILES string of the molecule is CCc1ccc(C2C(C#N)=C(N)N(c3ccc(F)cc3[N+](=O)[O-])C3=C2C(=O)CCC3)s1. The number of thiophene rings is 1. The number of ketones is 1. The molecule has 0 spiro atoms. The molecule has 1 aromatic heterocycles. The van der Waals surface area contributed by atoms with Crippen molar-refractivity contribution in [3.8, 4) is 6.07 Å². The molecule has 2 aromatic rings. The first-order chi connectivity index (χ1) is 14.9. The minimum Gasteiger partial charge on any atom is -0.384 e. The molecule has 1 aromatic carbocycles. The molecule has 0 saturated carbocycles. The fourth-order valence-electron chi connectivity index (χ4n) is 4.22. The van der Waals surface area contributed by atoms with Gasteiger partial charge in [-0.15, -0.1) is 11.3 Å². The zero-order valence-corrected chi connectivity index (χ0v) is 17.5. The molecule has 0 bridgehead atoms. The summed E-state index contributed by atoms with van der Waals surface area (Å²) in [7, 11) is 0. The maximum atomic E-state index is 13.7. The molecular weight excluding hydrogens is 419 g/mol. The summed E-state index contributed by atoms with van der Waals surface area (Å²) in [6.45, 7) is 2.03. The van der Waals surface area contributed by atoms with E-state index in [4.69, 9.17) is 5.73 Å². The van der Waals surface area contributed by atoms with Crippen LogP contribution in [0.4, 0.5) is 15.8 Å². The second-order valence-corrected chi connectivity index (χ2v) is 8.56. The number of rotatable bonds is 4. The number of hydrogen-bond donors (Lipinski definition) is 1. The van der Waals surface area contributed by atoms with Crippen molar-refractivity contribution in [1.82, 2.24) is 0 Å². The molecule has 1 aliphatic heterocycles. The highest BCUT2D eigenvalue weighted by Crippen LogP contribution is 2.49. The quantitative estimate of drug-likeness (QED) is 0.548. The highest BCUT2D eigenvalue weighted by Gasteiger charge is 2.42. The van der Waals surface area contributed by atoms with E-state index in [1.165, 1.54) is 22.3 Å². The van der Waals surface area contributed by atoms with Gasteiger partial charge in [0.1, 0.15) is 17.3 Å². The van der Waals surface area contributed by atoms with Crippen LogP contribution in [0, 0.1) is 27.3 Å². The summed E-state index contributed by atoms with van der Waals surface area (Å²) in [5, 5.41) is 21.6. The summed E-state index contributed by atoms with van der Waals surface area (Å²) in [5.41, 5.74) is 7.13. The lowest BCUT2D eigenvalue weighted by Crippen LogP contribution is -2.38. The molecule has 0 radical (unpaired) electrons. The standard InChI is InChI=1S/C22H19FN4O3S/c1-2-13-7-9-19(31-13)20-14(11-24)22(25)26(16-4-3-5-18(28)21(16)20)15-8-6-12(23)10-17(15)27(29)30/h6-10,20H,2-5,25H2,1H3. The summed E-state index contributed by atoms with van der Waals surface area (Å²) >= 11 is 1.52. The topological polar surface area (TPSA) is 113 Å². The van der Waals surface area contributed by atoms with Crippen molar-refractivity contribution in [2.24, 2.45) is 5.73 Å². The molecule has 1 atom stereocenters. The second kappa shape index (κ2) is 7.96. The Morgan fingerprint density at radius 3 is 2.77 bits per heavy atom. The van der Waals surface area contributed by atoms with Crippen molar-refractivity contribution in [1.29, 1.82) is 5.26 Å². The Kier molecular flexibility index (Phi) is 5.33. The van der Waals surface area contributed by atoms with Crippen molar-refractivity contribution in [2.45, 2.75) is 38.5 Å².